The Morgan fingerprint density at radius 2 is 1.79 bits per heavy atom. The van der Waals surface area contributed by atoms with E-state index in [4.69, 9.17) is 4.74 Å². The quantitative estimate of drug-likeness (QED) is 0.728. The first-order valence-corrected chi connectivity index (χ1v) is 6.44. The predicted molar refractivity (Wildman–Crippen MR) is 75.9 cm³/mol. The lowest BCUT2D eigenvalue weighted by Crippen LogP contribution is -2.51. The van der Waals surface area contributed by atoms with Crippen molar-refractivity contribution in [2.45, 2.75) is 58.6 Å². The maximum atomic E-state index is 11.6. The van der Waals surface area contributed by atoms with Crippen LogP contribution < -0.4 is 10.6 Å². The summed E-state index contributed by atoms with van der Waals surface area (Å²) in [5, 5.41) is 5.50. The number of ether oxygens (including phenoxy) is 1. The fourth-order valence-electron chi connectivity index (χ4n) is 1.32. The third kappa shape index (κ3) is 10.1. The molecule has 0 aliphatic carbocycles. The summed E-state index contributed by atoms with van der Waals surface area (Å²) in [5.41, 5.74) is -1.05. The van der Waals surface area contributed by atoms with Gasteiger partial charge in [0.05, 0.1) is 5.54 Å². The summed E-state index contributed by atoms with van der Waals surface area (Å²) in [6.07, 6.45) is 2.26. The maximum Gasteiger partial charge on any atom is 0.407 e. The van der Waals surface area contributed by atoms with E-state index < -0.39 is 17.2 Å². The Bertz CT molecular complexity index is 330. The van der Waals surface area contributed by atoms with Gasteiger partial charge in [0.15, 0.2) is 0 Å². The largest absolute Gasteiger partial charge is 0.444 e. The van der Waals surface area contributed by atoms with Crippen LogP contribution in [0, 0.1) is 0 Å². The molecule has 0 heterocycles. The van der Waals surface area contributed by atoms with Gasteiger partial charge in [-0.3, -0.25) is 4.79 Å². The zero-order chi connectivity index (χ0) is 15.1. The Balaban J connectivity index is 4.12. The number of rotatable bonds is 6. The zero-order valence-corrected chi connectivity index (χ0v) is 12.6. The summed E-state index contributed by atoms with van der Waals surface area (Å²) >= 11 is 0. The minimum absolute atomic E-state index is 0.0594. The van der Waals surface area contributed by atoms with Crippen molar-refractivity contribution in [3.8, 4) is 0 Å². The number of amides is 2. The van der Waals surface area contributed by atoms with Crippen molar-refractivity contribution in [1.29, 1.82) is 0 Å². The minimum atomic E-state index is -0.526. The molecule has 2 amide bonds. The lowest BCUT2D eigenvalue weighted by atomic mass is 10.1. The van der Waals surface area contributed by atoms with Crippen molar-refractivity contribution in [3.63, 3.8) is 0 Å². The summed E-state index contributed by atoms with van der Waals surface area (Å²) in [6, 6.07) is 0. The van der Waals surface area contributed by atoms with Gasteiger partial charge in [-0.2, -0.15) is 0 Å². The van der Waals surface area contributed by atoms with E-state index in [9.17, 15) is 9.59 Å². The van der Waals surface area contributed by atoms with Crippen LogP contribution in [0.15, 0.2) is 12.7 Å². The van der Waals surface area contributed by atoms with Crippen molar-refractivity contribution in [1.82, 2.24) is 10.6 Å². The molecule has 0 aromatic rings. The Labute approximate surface area is 115 Å². The van der Waals surface area contributed by atoms with Crippen molar-refractivity contribution < 1.29 is 14.3 Å². The van der Waals surface area contributed by atoms with Gasteiger partial charge in [-0.25, -0.2) is 4.79 Å². The summed E-state index contributed by atoms with van der Waals surface area (Å²) in [4.78, 5) is 23.1. The topological polar surface area (TPSA) is 67.4 Å². The first-order valence-electron chi connectivity index (χ1n) is 6.44. The van der Waals surface area contributed by atoms with Crippen LogP contribution in [0.2, 0.25) is 0 Å². The van der Waals surface area contributed by atoms with Gasteiger partial charge in [0.1, 0.15) is 5.60 Å². The molecule has 0 unspecified atom stereocenters. The van der Waals surface area contributed by atoms with Crippen molar-refractivity contribution in [3.05, 3.63) is 12.7 Å². The molecule has 0 aromatic carbocycles. The van der Waals surface area contributed by atoms with E-state index in [1.807, 2.05) is 13.8 Å². The second kappa shape index (κ2) is 7.16. The van der Waals surface area contributed by atoms with Gasteiger partial charge in [0, 0.05) is 13.0 Å². The number of alkyl carbamates (subject to hydrolysis) is 1. The fourth-order valence-corrected chi connectivity index (χ4v) is 1.32. The lowest BCUT2D eigenvalue weighted by molar-refractivity contribution is -0.122. The number of carbonyl (C=O) groups excluding carboxylic acids is 2. The smallest absolute Gasteiger partial charge is 0.407 e. The Kier molecular flexibility index (Phi) is 6.59. The first-order chi connectivity index (χ1) is 8.56. The molecule has 0 fully saturated rings. The molecule has 110 valence electrons. The van der Waals surface area contributed by atoms with Crippen molar-refractivity contribution >= 4 is 12.0 Å². The number of carbonyl (C=O) groups is 2. The van der Waals surface area contributed by atoms with E-state index >= 15 is 0 Å². The highest BCUT2D eigenvalue weighted by Crippen LogP contribution is 2.07. The van der Waals surface area contributed by atoms with Crippen LogP contribution in [-0.2, 0) is 9.53 Å². The van der Waals surface area contributed by atoms with Crippen molar-refractivity contribution in [2.24, 2.45) is 0 Å². The molecular formula is C14H26N2O3. The summed E-state index contributed by atoms with van der Waals surface area (Å²) in [6.45, 7) is 13.0. The zero-order valence-electron chi connectivity index (χ0n) is 12.6. The SMILES string of the molecule is C=CCCC(=O)NC(C)(C)CNC(=O)OC(C)(C)C. The van der Waals surface area contributed by atoms with Crippen LogP contribution in [0.3, 0.4) is 0 Å². The molecular weight excluding hydrogens is 244 g/mol. The molecule has 0 rings (SSSR count). The summed E-state index contributed by atoms with van der Waals surface area (Å²) < 4.78 is 5.13. The standard InChI is InChI=1S/C14H26N2O3/c1-7-8-9-11(17)16-14(5,6)10-15-12(18)19-13(2,3)4/h7H,1,8-10H2,2-6H3,(H,15,18)(H,16,17). The normalized spacial score (nSPS) is 11.6. The van der Waals surface area contributed by atoms with E-state index in [1.54, 1.807) is 26.8 Å². The maximum absolute atomic E-state index is 11.6. The molecule has 0 spiro atoms. The van der Waals surface area contributed by atoms with E-state index in [1.165, 1.54) is 0 Å². The Morgan fingerprint density at radius 3 is 2.26 bits per heavy atom. The molecule has 0 atom stereocenters. The highest BCUT2D eigenvalue weighted by atomic mass is 16.6. The van der Waals surface area contributed by atoms with Gasteiger partial charge in [-0.15, -0.1) is 6.58 Å². The number of hydrogen-bond donors (Lipinski definition) is 2. The molecule has 0 radical (unpaired) electrons. The molecule has 2 N–H and O–H groups in total. The molecule has 0 saturated heterocycles. The van der Waals surface area contributed by atoms with E-state index in [0.717, 1.165) is 0 Å². The second-order valence-corrected chi connectivity index (χ2v) is 6.11. The second-order valence-electron chi connectivity index (χ2n) is 6.11. The molecule has 0 aliphatic rings. The van der Waals surface area contributed by atoms with Crippen LogP contribution in [0.1, 0.15) is 47.5 Å². The monoisotopic (exact) mass is 270 g/mol. The van der Waals surface area contributed by atoms with Gasteiger partial charge in [0.25, 0.3) is 0 Å². The summed E-state index contributed by atoms with van der Waals surface area (Å²) in [7, 11) is 0. The minimum Gasteiger partial charge on any atom is -0.444 e. The van der Waals surface area contributed by atoms with Gasteiger partial charge >= 0.3 is 6.09 Å². The van der Waals surface area contributed by atoms with Gasteiger partial charge < -0.3 is 15.4 Å². The molecule has 19 heavy (non-hydrogen) atoms. The van der Waals surface area contributed by atoms with Crippen LogP contribution >= 0.6 is 0 Å². The van der Waals surface area contributed by atoms with E-state index in [-0.39, 0.29) is 5.91 Å². The lowest BCUT2D eigenvalue weighted by Gasteiger charge is -2.27. The van der Waals surface area contributed by atoms with Crippen LogP contribution in [-0.4, -0.2) is 29.7 Å². The molecule has 0 aliphatic heterocycles. The van der Waals surface area contributed by atoms with Crippen LogP contribution in [0.4, 0.5) is 4.79 Å². The van der Waals surface area contributed by atoms with Crippen molar-refractivity contribution in [2.75, 3.05) is 6.54 Å². The molecule has 5 heteroatoms. The highest BCUT2D eigenvalue weighted by Gasteiger charge is 2.23. The molecule has 0 bridgehead atoms. The number of hydrogen-bond acceptors (Lipinski definition) is 3. The Hall–Kier alpha value is -1.52. The van der Waals surface area contributed by atoms with E-state index in [2.05, 4.69) is 17.2 Å². The highest BCUT2D eigenvalue weighted by molar-refractivity contribution is 5.77. The molecule has 0 saturated carbocycles. The average Bonchev–Trinajstić information content (AvgIpc) is 2.21. The fraction of sp³-hybridized carbons (Fsp3) is 0.714. The van der Waals surface area contributed by atoms with E-state index in [0.29, 0.717) is 19.4 Å². The number of nitrogens with one attached hydrogen (secondary N) is 2. The van der Waals surface area contributed by atoms with Gasteiger partial charge in [0.2, 0.25) is 5.91 Å². The van der Waals surface area contributed by atoms with Crippen LogP contribution in [0.25, 0.3) is 0 Å². The first kappa shape index (κ1) is 17.5. The third-order valence-electron chi connectivity index (χ3n) is 2.13. The third-order valence-corrected chi connectivity index (χ3v) is 2.13. The molecule has 5 nitrogen and oxygen atoms in total. The van der Waals surface area contributed by atoms with Gasteiger partial charge in [-0.1, -0.05) is 6.08 Å². The predicted octanol–water partition coefficient (Wildman–Crippen LogP) is 2.37. The molecule has 0 aromatic heterocycles. The van der Waals surface area contributed by atoms with Gasteiger partial charge in [-0.05, 0) is 41.0 Å². The Morgan fingerprint density at radius 1 is 1.21 bits per heavy atom. The number of allylic oxidation sites excluding steroid dienone is 1. The summed E-state index contributed by atoms with van der Waals surface area (Å²) in [5.74, 6) is -0.0594. The average molecular weight is 270 g/mol. The van der Waals surface area contributed by atoms with Crippen LogP contribution in [0.5, 0.6) is 0 Å².